The number of carbonyl (C=O) groups is 2. The molecule has 2 aromatic rings. The van der Waals surface area contributed by atoms with Gasteiger partial charge in [-0.15, -0.1) is 0 Å². The van der Waals surface area contributed by atoms with E-state index in [1.165, 1.54) is 6.26 Å². The lowest BCUT2D eigenvalue weighted by Gasteiger charge is -2.30. The number of piperidine rings is 1. The SMILES string of the molecule is CN1CCC(Nc2ccccc2NC(=O)CCNC(=O)c2ccco2)CC1. The first-order valence-corrected chi connectivity index (χ1v) is 9.27. The number of para-hydroxylation sites is 2. The molecular formula is C20H26N4O3. The number of nitrogens with one attached hydrogen (secondary N) is 3. The molecule has 1 aliphatic heterocycles. The number of anilines is 2. The molecule has 1 aromatic heterocycles. The van der Waals surface area contributed by atoms with Gasteiger partial charge in [0.2, 0.25) is 5.91 Å². The molecule has 7 heteroatoms. The highest BCUT2D eigenvalue weighted by Crippen LogP contribution is 2.24. The molecule has 0 bridgehead atoms. The Morgan fingerprint density at radius 1 is 1.11 bits per heavy atom. The van der Waals surface area contributed by atoms with Gasteiger partial charge in [-0.2, -0.15) is 0 Å². The van der Waals surface area contributed by atoms with Crippen molar-refractivity contribution in [2.24, 2.45) is 0 Å². The largest absolute Gasteiger partial charge is 0.459 e. The quantitative estimate of drug-likeness (QED) is 0.697. The summed E-state index contributed by atoms with van der Waals surface area (Å²) in [5.74, 6) is -0.229. The molecule has 2 heterocycles. The Balaban J connectivity index is 1.48. The van der Waals surface area contributed by atoms with E-state index in [1.807, 2.05) is 24.3 Å². The van der Waals surface area contributed by atoms with Crippen LogP contribution >= 0.6 is 0 Å². The van der Waals surface area contributed by atoms with Gasteiger partial charge in [0, 0.05) is 19.0 Å². The zero-order chi connectivity index (χ0) is 19.1. The molecule has 1 fully saturated rings. The van der Waals surface area contributed by atoms with Crippen molar-refractivity contribution in [2.45, 2.75) is 25.3 Å². The second-order valence-corrected chi connectivity index (χ2v) is 6.80. The molecule has 1 aromatic carbocycles. The van der Waals surface area contributed by atoms with E-state index in [9.17, 15) is 9.59 Å². The average molecular weight is 370 g/mol. The van der Waals surface area contributed by atoms with Crippen molar-refractivity contribution in [2.75, 3.05) is 37.3 Å². The number of amides is 2. The van der Waals surface area contributed by atoms with Gasteiger partial charge in [0.25, 0.3) is 5.91 Å². The van der Waals surface area contributed by atoms with E-state index in [-0.39, 0.29) is 30.5 Å². The Labute approximate surface area is 159 Å². The summed E-state index contributed by atoms with van der Waals surface area (Å²) in [4.78, 5) is 26.4. The number of nitrogens with zero attached hydrogens (tertiary/aromatic N) is 1. The summed E-state index contributed by atoms with van der Waals surface area (Å²) in [6, 6.07) is 11.4. The lowest BCUT2D eigenvalue weighted by Crippen LogP contribution is -2.36. The molecule has 0 spiro atoms. The van der Waals surface area contributed by atoms with Gasteiger partial charge in [-0.25, -0.2) is 0 Å². The third-order valence-corrected chi connectivity index (χ3v) is 4.66. The van der Waals surface area contributed by atoms with Crippen LogP contribution in [0.4, 0.5) is 11.4 Å². The fourth-order valence-corrected chi connectivity index (χ4v) is 3.09. The van der Waals surface area contributed by atoms with E-state index in [0.29, 0.717) is 6.04 Å². The van der Waals surface area contributed by atoms with Gasteiger partial charge in [-0.1, -0.05) is 12.1 Å². The molecular weight excluding hydrogens is 344 g/mol. The van der Waals surface area contributed by atoms with Crippen molar-refractivity contribution in [3.05, 3.63) is 48.4 Å². The summed E-state index contributed by atoms with van der Waals surface area (Å²) >= 11 is 0. The van der Waals surface area contributed by atoms with Crippen LogP contribution in [-0.2, 0) is 4.79 Å². The molecule has 0 aliphatic carbocycles. The molecule has 2 amide bonds. The van der Waals surface area contributed by atoms with Crippen molar-refractivity contribution in [3.63, 3.8) is 0 Å². The highest BCUT2D eigenvalue weighted by atomic mass is 16.3. The summed E-state index contributed by atoms with van der Waals surface area (Å²) in [5.41, 5.74) is 1.69. The Morgan fingerprint density at radius 3 is 2.56 bits per heavy atom. The summed E-state index contributed by atoms with van der Waals surface area (Å²) in [5, 5.41) is 9.15. The second-order valence-electron chi connectivity index (χ2n) is 6.80. The van der Waals surface area contributed by atoms with Crippen molar-refractivity contribution in [1.29, 1.82) is 0 Å². The average Bonchev–Trinajstić information content (AvgIpc) is 3.20. The fraction of sp³-hybridized carbons (Fsp3) is 0.400. The summed E-state index contributed by atoms with van der Waals surface area (Å²) in [6.07, 6.45) is 3.79. The van der Waals surface area contributed by atoms with Gasteiger partial charge < -0.3 is 25.3 Å². The van der Waals surface area contributed by atoms with E-state index in [2.05, 4.69) is 27.9 Å². The van der Waals surface area contributed by atoms with Gasteiger partial charge in [0.1, 0.15) is 0 Å². The van der Waals surface area contributed by atoms with Crippen LogP contribution in [0.15, 0.2) is 47.1 Å². The van der Waals surface area contributed by atoms with Gasteiger partial charge in [0.15, 0.2) is 5.76 Å². The number of likely N-dealkylation sites (tertiary alicyclic amines) is 1. The molecule has 0 atom stereocenters. The van der Waals surface area contributed by atoms with E-state index in [4.69, 9.17) is 4.42 Å². The maximum Gasteiger partial charge on any atom is 0.286 e. The highest BCUT2D eigenvalue weighted by Gasteiger charge is 2.17. The van der Waals surface area contributed by atoms with Crippen LogP contribution in [0.1, 0.15) is 29.8 Å². The normalized spacial score (nSPS) is 15.3. The zero-order valence-corrected chi connectivity index (χ0v) is 15.5. The lowest BCUT2D eigenvalue weighted by molar-refractivity contribution is -0.116. The van der Waals surface area contributed by atoms with Crippen LogP contribution in [0.25, 0.3) is 0 Å². The molecule has 0 saturated carbocycles. The molecule has 3 rings (SSSR count). The van der Waals surface area contributed by atoms with E-state index >= 15 is 0 Å². The van der Waals surface area contributed by atoms with Crippen LogP contribution in [0.3, 0.4) is 0 Å². The molecule has 1 aliphatic rings. The molecule has 27 heavy (non-hydrogen) atoms. The second kappa shape index (κ2) is 9.23. The van der Waals surface area contributed by atoms with Gasteiger partial charge >= 0.3 is 0 Å². The molecule has 0 unspecified atom stereocenters. The van der Waals surface area contributed by atoms with E-state index in [1.54, 1.807) is 12.1 Å². The topological polar surface area (TPSA) is 86.6 Å². The molecule has 1 saturated heterocycles. The molecule has 3 N–H and O–H groups in total. The van der Waals surface area contributed by atoms with E-state index in [0.717, 1.165) is 37.3 Å². The zero-order valence-electron chi connectivity index (χ0n) is 15.5. The molecule has 0 radical (unpaired) electrons. The van der Waals surface area contributed by atoms with Crippen molar-refractivity contribution >= 4 is 23.2 Å². The first kappa shape index (κ1) is 19.0. The first-order valence-electron chi connectivity index (χ1n) is 9.27. The predicted octanol–water partition coefficient (Wildman–Crippen LogP) is 2.54. The maximum absolute atomic E-state index is 12.2. The highest BCUT2D eigenvalue weighted by molar-refractivity contribution is 5.95. The Kier molecular flexibility index (Phi) is 6.49. The van der Waals surface area contributed by atoms with E-state index < -0.39 is 0 Å². The minimum absolute atomic E-state index is 0.146. The summed E-state index contributed by atoms with van der Waals surface area (Å²) in [7, 11) is 2.13. The predicted molar refractivity (Wildman–Crippen MR) is 105 cm³/mol. The van der Waals surface area contributed by atoms with Crippen molar-refractivity contribution in [1.82, 2.24) is 10.2 Å². The number of hydrogen-bond donors (Lipinski definition) is 3. The lowest BCUT2D eigenvalue weighted by atomic mass is 10.0. The number of hydrogen-bond acceptors (Lipinski definition) is 5. The minimum Gasteiger partial charge on any atom is -0.459 e. The Morgan fingerprint density at radius 2 is 1.85 bits per heavy atom. The van der Waals surface area contributed by atoms with Crippen molar-refractivity contribution in [3.8, 4) is 0 Å². The van der Waals surface area contributed by atoms with Crippen LogP contribution in [0, 0.1) is 0 Å². The number of rotatable bonds is 7. The number of furan rings is 1. The third-order valence-electron chi connectivity index (χ3n) is 4.66. The smallest absolute Gasteiger partial charge is 0.286 e. The van der Waals surface area contributed by atoms with Gasteiger partial charge in [-0.3, -0.25) is 9.59 Å². The number of carbonyl (C=O) groups excluding carboxylic acids is 2. The Bertz CT molecular complexity index is 752. The first-order chi connectivity index (χ1) is 13.1. The monoisotopic (exact) mass is 370 g/mol. The molecule has 7 nitrogen and oxygen atoms in total. The fourth-order valence-electron chi connectivity index (χ4n) is 3.09. The standard InChI is InChI=1S/C20H26N4O3/c1-24-12-9-15(10-13-24)22-16-5-2-3-6-17(16)23-19(25)8-11-21-20(26)18-7-4-14-27-18/h2-7,14-15,22H,8-13H2,1H3,(H,21,26)(H,23,25). The van der Waals surface area contributed by atoms with Crippen LogP contribution in [0.2, 0.25) is 0 Å². The van der Waals surface area contributed by atoms with Gasteiger partial charge in [0.05, 0.1) is 17.6 Å². The summed E-state index contributed by atoms with van der Waals surface area (Å²) < 4.78 is 5.02. The number of benzene rings is 1. The van der Waals surface area contributed by atoms with Crippen LogP contribution < -0.4 is 16.0 Å². The maximum atomic E-state index is 12.2. The molecule has 144 valence electrons. The Hall–Kier alpha value is -2.80. The van der Waals surface area contributed by atoms with Gasteiger partial charge in [-0.05, 0) is 57.2 Å². The van der Waals surface area contributed by atoms with Crippen LogP contribution in [-0.4, -0.2) is 49.4 Å². The summed E-state index contributed by atoms with van der Waals surface area (Å²) in [6.45, 7) is 2.39. The third kappa shape index (κ3) is 5.59. The van der Waals surface area contributed by atoms with Crippen molar-refractivity contribution < 1.29 is 14.0 Å². The minimum atomic E-state index is -0.322. The van der Waals surface area contributed by atoms with Crippen LogP contribution in [0.5, 0.6) is 0 Å².